The van der Waals surface area contributed by atoms with Crippen molar-refractivity contribution in [3.8, 4) is 0 Å². The van der Waals surface area contributed by atoms with Crippen molar-refractivity contribution < 1.29 is 18.9 Å². The van der Waals surface area contributed by atoms with Crippen molar-refractivity contribution >= 4 is 0 Å². The van der Waals surface area contributed by atoms with Gasteiger partial charge in [-0.1, -0.05) is 0 Å². The van der Waals surface area contributed by atoms with Crippen LogP contribution in [0.2, 0.25) is 0 Å². The summed E-state index contributed by atoms with van der Waals surface area (Å²) in [6, 6.07) is 0. The Labute approximate surface area is 123 Å². The summed E-state index contributed by atoms with van der Waals surface area (Å²) >= 11 is 0. The van der Waals surface area contributed by atoms with Gasteiger partial charge < -0.3 is 18.9 Å². The molecule has 20 heavy (non-hydrogen) atoms. The third-order valence-corrected chi connectivity index (χ3v) is 2.60. The fourth-order valence-corrected chi connectivity index (χ4v) is 2.07. The third kappa shape index (κ3) is 4.67. The Hall–Kier alpha value is -0.740. The van der Waals surface area contributed by atoms with E-state index < -0.39 is 0 Å². The molecule has 0 aromatic carbocycles. The van der Waals surface area contributed by atoms with Crippen LogP contribution in [0.3, 0.4) is 0 Å². The lowest BCUT2D eigenvalue weighted by Gasteiger charge is -2.42. The first-order valence-electron chi connectivity index (χ1n) is 7.60. The SMILES string of the molecule is CC(C)OC1=C(OC(C)C)C(OC(C)C)C1OC(C)C. The summed E-state index contributed by atoms with van der Waals surface area (Å²) in [5.74, 6) is 1.57. The standard InChI is InChI=1S/C16H30O4/c1-9(2)17-13-14(18-10(3)4)16(20-12(7)8)15(13)19-11(5)6/h9-14H,1-8H3. The molecule has 4 heteroatoms. The molecule has 0 fully saturated rings. The second kappa shape index (κ2) is 7.32. The van der Waals surface area contributed by atoms with Crippen molar-refractivity contribution in [3.63, 3.8) is 0 Å². The Balaban J connectivity index is 2.94. The predicted octanol–water partition coefficient (Wildman–Crippen LogP) is 3.65. The molecule has 2 atom stereocenters. The molecular weight excluding hydrogens is 256 g/mol. The van der Waals surface area contributed by atoms with Gasteiger partial charge >= 0.3 is 0 Å². The van der Waals surface area contributed by atoms with E-state index in [0.29, 0.717) is 0 Å². The molecule has 2 unspecified atom stereocenters. The van der Waals surface area contributed by atoms with Crippen LogP contribution in [0.15, 0.2) is 11.5 Å². The lowest BCUT2D eigenvalue weighted by atomic mass is 9.95. The zero-order chi connectivity index (χ0) is 15.4. The fraction of sp³-hybridized carbons (Fsp3) is 0.875. The molecule has 1 rings (SSSR count). The average Bonchev–Trinajstić information content (AvgIpc) is 2.28. The molecule has 0 N–H and O–H groups in total. The lowest BCUT2D eigenvalue weighted by Crippen LogP contribution is -2.49. The van der Waals surface area contributed by atoms with E-state index >= 15 is 0 Å². The summed E-state index contributed by atoms with van der Waals surface area (Å²) in [6.07, 6.45) is 0.0689. The summed E-state index contributed by atoms with van der Waals surface area (Å²) < 4.78 is 23.6. The number of hydrogen-bond donors (Lipinski definition) is 0. The van der Waals surface area contributed by atoms with Crippen LogP contribution in [0.1, 0.15) is 55.4 Å². The molecule has 1 aliphatic rings. The highest BCUT2D eigenvalue weighted by atomic mass is 16.6. The number of rotatable bonds is 8. The van der Waals surface area contributed by atoms with Crippen molar-refractivity contribution in [3.05, 3.63) is 11.5 Å². The molecule has 0 bridgehead atoms. The Bertz CT molecular complexity index is 299. The Kier molecular flexibility index (Phi) is 6.34. The van der Waals surface area contributed by atoms with Gasteiger partial charge in [-0.15, -0.1) is 0 Å². The maximum absolute atomic E-state index is 5.94. The van der Waals surface area contributed by atoms with Crippen LogP contribution < -0.4 is 0 Å². The van der Waals surface area contributed by atoms with Gasteiger partial charge in [-0.3, -0.25) is 0 Å². The van der Waals surface area contributed by atoms with E-state index in [1.54, 1.807) is 0 Å². The van der Waals surface area contributed by atoms with Crippen LogP contribution >= 0.6 is 0 Å². The minimum Gasteiger partial charge on any atom is -0.489 e. The van der Waals surface area contributed by atoms with Crippen LogP contribution in [0.25, 0.3) is 0 Å². The summed E-state index contributed by atoms with van der Waals surface area (Å²) in [5, 5.41) is 0. The summed E-state index contributed by atoms with van der Waals surface area (Å²) in [5.41, 5.74) is 0. The molecule has 0 spiro atoms. The van der Waals surface area contributed by atoms with Gasteiger partial charge in [0.2, 0.25) is 0 Å². The molecule has 0 heterocycles. The van der Waals surface area contributed by atoms with E-state index in [0.717, 1.165) is 11.5 Å². The zero-order valence-corrected chi connectivity index (χ0v) is 14.1. The molecule has 0 radical (unpaired) electrons. The molecule has 0 saturated carbocycles. The number of hydrogen-bond acceptors (Lipinski definition) is 4. The smallest absolute Gasteiger partial charge is 0.169 e. The first-order chi connectivity index (χ1) is 9.22. The molecule has 118 valence electrons. The normalized spacial score (nSPS) is 23.0. The van der Waals surface area contributed by atoms with Crippen molar-refractivity contribution in [2.45, 2.75) is 92.0 Å². The third-order valence-electron chi connectivity index (χ3n) is 2.60. The first kappa shape index (κ1) is 17.3. The van der Waals surface area contributed by atoms with Crippen LogP contribution in [-0.2, 0) is 18.9 Å². The Morgan fingerprint density at radius 3 is 1.05 bits per heavy atom. The second-order valence-electron chi connectivity index (χ2n) is 6.27. The van der Waals surface area contributed by atoms with Crippen molar-refractivity contribution in [1.82, 2.24) is 0 Å². The Morgan fingerprint density at radius 2 is 0.850 bits per heavy atom. The topological polar surface area (TPSA) is 36.9 Å². The van der Waals surface area contributed by atoms with Gasteiger partial charge in [0.15, 0.2) is 23.7 Å². The molecule has 0 amide bonds. The molecule has 0 aromatic heterocycles. The van der Waals surface area contributed by atoms with Gasteiger partial charge in [-0.25, -0.2) is 0 Å². The minimum atomic E-state index is -0.173. The van der Waals surface area contributed by atoms with Gasteiger partial charge in [0.25, 0.3) is 0 Å². The molecule has 1 aliphatic carbocycles. The largest absolute Gasteiger partial charge is 0.489 e. The van der Waals surface area contributed by atoms with E-state index in [4.69, 9.17) is 18.9 Å². The van der Waals surface area contributed by atoms with Gasteiger partial charge in [0, 0.05) is 0 Å². The van der Waals surface area contributed by atoms with Crippen LogP contribution in [0, 0.1) is 0 Å². The highest BCUT2D eigenvalue weighted by Crippen LogP contribution is 2.38. The van der Waals surface area contributed by atoms with Crippen LogP contribution in [-0.4, -0.2) is 36.6 Å². The molecule has 0 saturated heterocycles. The quantitative estimate of drug-likeness (QED) is 0.682. The minimum absolute atomic E-state index is 0.0917. The molecule has 4 nitrogen and oxygen atoms in total. The van der Waals surface area contributed by atoms with Crippen LogP contribution in [0.4, 0.5) is 0 Å². The van der Waals surface area contributed by atoms with Gasteiger partial charge in [-0.2, -0.15) is 0 Å². The lowest BCUT2D eigenvalue weighted by molar-refractivity contribution is -0.157. The fourth-order valence-electron chi connectivity index (χ4n) is 2.07. The maximum Gasteiger partial charge on any atom is 0.169 e. The van der Waals surface area contributed by atoms with E-state index in [1.807, 2.05) is 55.4 Å². The van der Waals surface area contributed by atoms with E-state index in [9.17, 15) is 0 Å². The summed E-state index contributed by atoms with van der Waals surface area (Å²) in [4.78, 5) is 0. The monoisotopic (exact) mass is 286 g/mol. The maximum atomic E-state index is 5.94. The first-order valence-corrected chi connectivity index (χ1v) is 7.60. The highest BCUT2D eigenvalue weighted by molar-refractivity contribution is 5.28. The predicted molar refractivity (Wildman–Crippen MR) is 79.5 cm³/mol. The van der Waals surface area contributed by atoms with E-state index in [2.05, 4.69) is 0 Å². The van der Waals surface area contributed by atoms with Crippen molar-refractivity contribution in [2.75, 3.05) is 0 Å². The second-order valence-corrected chi connectivity index (χ2v) is 6.27. The average molecular weight is 286 g/mol. The zero-order valence-electron chi connectivity index (χ0n) is 14.1. The summed E-state index contributed by atoms with van der Waals surface area (Å²) in [6.45, 7) is 16.1. The molecule has 0 aliphatic heterocycles. The highest BCUT2D eigenvalue weighted by Gasteiger charge is 2.47. The van der Waals surface area contributed by atoms with Crippen molar-refractivity contribution in [2.24, 2.45) is 0 Å². The van der Waals surface area contributed by atoms with Crippen molar-refractivity contribution in [1.29, 1.82) is 0 Å². The summed E-state index contributed by atoms with van der Waals surface area (Å²) in [7, 11) is 0. The van der Waals surface area contributed by atoms with Gasteiger partial charge in [0.05, 0.1) is 24.4 Å². The van der Waals surface area contributed by atoms with Gasteiger partial charge in [-0.05, 0) is 55.4 Å². The van der Waals surface area contributed by atoms with Gasteiger partial charge in [0.1, 0.15) is 0 Å². The molecular formula is C16H30O4. The Morgan fingerprint density at radius 1 is 0.550 bits per heavy atom. The molecule has 0 aromatic rings. The number of ether oxygens (including phenoxy) is 4. The van der Waals surface area contributed by atoms with E-state index in [-0.39, 0.29) is 36.6 Å². The van der Waals surface area contributed by atoms with Crippen LogP contribution in [0.5, 0.6) is 0 Å². The van der Waals surface area contributed by atoms with E-state index in [1.165, 1.54) is 0 Å².